The van der Waals surface area contributed by atoms with E-state index >= 15 is 0 Å². The molecule has 0 fully saturated rings. The number of amides is 1. The monoisotopic (exact) mass is 404 g/mol. The molecule has 0 heterocycles. The Kier molecular flexibility index (Phi) is 7.60. The van der Waals surface area contributed by atoms with E-state index in [0.717, 1.165) is 6.42 Å². The minimum absolute atomic E-state index is 0.0589. The van der Waals surface area contributed by atoms with Gasteiger partial charge in [-0.15, -0.1) is 0 Å². The first kappa shape index (κ1) is 21.9. The van der Waals surface area contributed by atoms with Crippen LogP contribution in [0.3, 0.4) is 0 Å². The van der Waals surface area contributed by atoms with Crippen molar-refractivity contribution in [1.29, 1.82) is 0 Å². The van der Waals surface area contributed by atoms with Crippen molar-refractivity contribution in [2.45, 2.75) is 44.7 Å². The number of nitrogens with one attached hydrogen (secondary N) is 1. The third-order valence-corrected chi connectivity index (χ3v) is 6.27. The molecule has 0 aromatic heterocycles. The number of carbonyl (C=O) groups is 1. The number of carbonyl (C=O) groups excluding carboxylic acids is 1. The number of rotatable bonds is 9. The van der Waals surface area contributed by atoms with E-state index in [0.29, 0.717) is 23.5 Å². The summed E-state index contributed by atoms with van der Waals surface area (Å²) in [5, 5.41) is 2.92. The van der Waals surface area contributed by atoms with Crippen LogP contribution in [0.4, 0.5) is 0 Å². The molecule has 0 spiro atoms. The van der Waals surface area contributed by atoms with E-state index < -0.39 is 10.0 Å². The van der Waals surface area contributed by atoms with Crippen molar-refractivity contribution in [3.63, 3.8) is 0 Å². The van der Waals surface area contributed by atoms with Gasteiger partial charge in [0.1, 0.15) is 5.75 Å². The molecule has 1 atom stereocenters. The zero-order chi connectivity index (χ0) is 20.7. The zero-order valence-corrected chi connectivity index (χ0v) is 17.6. The van der Waals surface area contributed by atoms with Crippen LogP contribution in [0.2, 0.25) is 0 Å². The fourth-order valence-electron chi connectivity index (χ4n) is 2.65. The summed E-state index contributed by atoms with van der Waals surface area (Å²) >= 11 is 0. The van der Waals surface area contributed by atoms with Crippen LogP contribution in [0.5, 0.6) is 5.75 Å². The van der Waals surface area contributed by atoms with Gasteiger partial charge in [0.15, 0.2) is 0 Å². The Labute approximate surface area is 167 Å². The highest BCUT2D eigenvalue weighted by molar-refractivity contribution is 7.89. The van der Waals surface area contributed by atoms with Crippen molar-refractivity contribution in [1.82, 2.24) is 9.62 Å². The topological polar surface area (TPSA) is 75.7 Å². The Balaban J connectivity index is 2.31. The molecular formula is C21H28N2O4S. The summed E-state index contributed by atoms with van der Waals surface area (Å²) in [7, 11) is -2.13. The highest BCUT2D eigenvalue weighted by atomic mass is 32.2. The quantitative estimate of drug-likeness (QED) is 0.695. The van der Waals surface area contributed by atoms with Gasteiger partial charge in [-0.2, -0.15) is 4.31 Å². The lowest BCUT2D eigenvalue weighted by Gasteiger charge is -2.20. The minimum Gasteiger partial charge on any atom is -0.494 e. The van der Waals surface area contributed by atoms with Gasteiger partial charge in [0.25, 0.3) is 5.91 Å². The van der Waals surface area contributed by atoms with Crippen molar-refractivity contribution in [3.05, 3.63) is 59.7 Å². The van der Waals surface area contributed by atoms with Gasteiger partial charge in [0.05, 0.1) is 11.5 Å². The molecule has 1 amide bonds. The Bertz CT molecular complexity index is 898. The van der Waals surface area contributed by atoms with Gasteiger partial charge in [-0.1, -0.05) is 25.1 Å². The number of sulfonamides is 1. The predicted octanol–water partition coefficient (Wildman–Crippen LogP) is 3.43. The highest BCUT2D eigenvalue weighted by Crippen LogP contribution is 2.24. The van der Waals surface area contributed by atoms with Crippen molar-refractivity contribution >= 4 is 15.9 Å². The summed E-state index contributed by atoms with van der Waals surface area (Å²) in [6.45, 7) is 6.33. The third kappa shape index (κ3) is 5.33. The summed E-state index contributed by atoms with van der Waals surface area (Å²) in [5.74, 6) is 0.380. The van der Waals surface area contributed by atoms with Crippen LogP contribution in [-0.4, -0.2) is 38.3 Å². The smallest absolute Gasteiger partial charge is 0.251 e. The SMILES string of the molecule is CCOc1ccc(C(=O)N[C@@H](C)CC)cc1CN(C)S(=O)(=O)c1ccccc1. The largest absolute Gasteiger partial charge is 0.494 e. The normalized spacial score (nSPS) is 12.6. The van der Waals surface area contributed by atoms with E-state index in [2.05, 4.69) is 5.32 Å². The number of nitrogens with zero attached hydrogens (tertiary/aromatic N) is 1. The van der Waals surface area contributed by atoms with Crippen LogP contribution in [0.15, 0.2) is 53.4 Å². The molecule has 0 saturated carbocycles. The summed E-state index contributed by atoms with van der Waals surface area (Å²) in [4.78, 5) is 12.7. The summed E-state index contributed by atoms with van der Waals surface area (Å²) < 4.78 is 32.5. The van der Waals surface area contributed by atoms with Gasteiger partial charge >= 0.3 is 0 Å². The van der Waals surface area contributed by atoms with Crippen molar-refractivity contribution < 1.29 is 17.9 Å². The molecule has 0 aliphatic rings. The van der Waals surface area contributed by atoms with E-state index in [1.165, 1.54) is 11.4 Å². The van der Waals surface area contributed by atoms with E-state index in [1.807, 2.05) is 20.8 Å². The number of ether oxygens (including phenoxy) is 1. The zero-order valence-electron chi connectivity index (χ0n) is 16.8. The maximum atomic E-state index is 12.8. The molecule has 2 aromatic rings. The second kappa shape index (κ2) is 9.71. The van der Waals surface area contributed by atoms with Crippen LogP contribution in [0.25, 0.3) is 0 Å². The number of benzene rings is 2. The molecule has 0 unspecified atom stereocenters. The fraction of sp³-hybridized carbons (Fsp3) is 0.381. The highest BCUT2D eigenvalue weighted by Gasteiger charge is 2.22. The molecular weight excluding hydrogens is 376 g/mol. The number of hydrogen-bond donors (Lipinski definition) is 1. The lowest BCUT2D eigenvalue weighted by Crippen LogP contribution is -2.32. The first-order valence-corrected chi connectivity index (χ1v) is 10.8. The Hall–Kier alpha value is -2.38. The summed E-state index contributed by atoms with van der Waals surface area (Å²) in [6, 6.07) is 13.4. The van der Waals surface area contributed by atoms with Gasteiger partial charge in [-0.3, -0.25) is 4.79 Å². The van der Waals surface area contributed by atoms with Gasteiger partial charge in [-0.25, -0.2) is 8.42 Å². The number of hydrogen-bond acceptors (Lipinski definition) is 4. The first-order chi connectivity index (χ1) is 13.3. The second-order valence-electron chi connectivity index (χ2n) is 6.61. The molecule has 7 heteroatoms. The van der Waals surface area contributed by atoms with Crippen LogP contribution < -0.4 is 10.1 Å². The second-order valence-corrected chi connectivity index (χ2v) is 8.66. The van der Waals surface area contributed by atoms with Crippen molar-refractivity contribution in [2.24, 2.45) is 0 Å². The Morgan fingerprint density at radius 3 is 2.43 bits per heavy atom. The van der Waals surface area contributed by atoms with E-state index in [-0.39, 0.29) is 23.4 Å². The summed E-state index contributed by atoms with van der Waals surface area (Å²) in [6.07, 6.45) is 0.827. The molecule has 2 aromatic carbocycles. The molecule has 28 heavy (non-hydrogen) atoms. The molecule has 1 N–H and O–H groups in total. The molecule has 0 aliphatic carbocycles. The lowest BCUT2D eigenvalue weighted by atomic mass is 10.1. The van der Waals surface area contributed by atoms with Gasteiger partial charge in [-0.05, 0) is 50.6 Å². The molecule has 6 nitrogen and oxygen atoms in total. The van der Waals surface area contributed by atoms with E-state index in [9.17, 15) is 13.2 Å². The molecule has 0 saturated heterocycles. The van der Waals surface area contributed by atoms with Gasteiger partial charge in [0.2, 0.25) is 10.0 Å². The van der Waals surface area contributed by atoms with Crippen molar-refractivity contribution in [2.75, 3.05) is 13.7 Å². The van der Waals surface area contributed by atoms with E-state index in [1.54, 1.807) is 48.5 Å². The molecule has 2 rings (SSSR count). The average Bonchev–Trinajstić information content (AvgIpc) is 2.69. The Morgan fingerprint density at radius 2 is 1.82 bits per heavy atom. The standard InChI is InChI=1S/C21H28N2O4S/c1-5-16(3)22-21(24)17-12-13-20(27-6-2)18(14-17)15-23(4)28(25,26)19-10-8-7-9-11-19/h7-14,16H,5-6,15H2,1-4H3,(H,22,24)/t16-/m0/s1. The average molecular weight is 405 g/mol. The minimum atomic E-state index is -3.65. The Morgan fingerprint density at radius 1 is 1.14 bits per heavy atom. The van der Waals surface area contributed by atoms with Crippen LogP contribution in [0, 0.1) is 0 Å². The molecule has 0 radical (unpaired) electrons. The lowest BCUT2D eigenvalue weighted by molar-refractivity contribution is 0.0939. The van der Waals surface area contributed by atoms with Gasteiger partial charge < -0.3 is 10.1 Å². The maximum Gasteiger partial charge on any atom is 0.251 e. The van der Waals surface area contributed by atoms with Gasteiger partial charge in [0, 0.05) is 30.8 Å². The van der Waals surface area contributed by atoms with Crippen LogP contribution in [-0.2, 0) is 16.6 Å². The fourth-order valence-corrected chi connectivity index (χ4v) is 3.82. The van der Waals surface area contributed by atoms with E-state index in [4.69, 9.17) is 4.74 Å². The molecule has 0 aliphatic heterocycles. The van der Waals surface area contributed by atoms with Crippen LogP contribution >= 0.6 is 0 Å². The molecule has 0 bridgehead atoms. The summed E-state index contributed by atoms with van der Waals surface area (Å²) in [5.41, 5.74) is 1.12. The predicted molar refractivity (Wildman–Crippen MR) is 110 cm³/mol. The third-order valence-electron chi connectivity index (χ3n) is 4.46. The van der Waals surface area contributed by atoms with Crippen LogP contribution in [0.1, 0.15) is 43.1 Å². The first-order valence-electron chi connectivity index (χ1n) is 9.37. The maximum absolute atomic E-state index is 12.8. The van der Waals surface area contributed by atoms with Crippen molar-refractivity contribution in [3.8, 4) is 5.75 Å². The molecule has 152 valence electrons.